The Morgan fingerprint density at radius 1 is 0.940 bits per heavy atom. The Bertz CT molecular complexity index is 1580. The quantitative estimate of drug-likeness (QED) is 0.118. The van der Waals surface area contributed by atoms with E-state index in [0.717, 1.165) is 0 Å². The minimum atomic E-state index is -4.19. The third-order valence-electron chi connectivity index (χ3n) is 9.84. The Hall–Kier alpha value is -4.38. The molecule has 3 amide bonds. The van der Waals surface area contributed by atoms with Gasteiger partial charge < -0.3 is 30.9 Å². The molecule has 2 aliphatic rings. The molecule has 2 bridgehead atoms. The molecular weight excluding hydrogens is 676 g/mol. The van der Waals surface area contributed by atoms with Crippen LogP contribution in [-0.4, -0.2) is 90.5 Å². The van der Waals surface area contributed by atoms with E-state index in [9.17, 15) is 47.1 Å². The molecule has 0 spiro atoms. The number of sulfonamides is 1. The maximum absolute atomic E-state index is 13.4. The van der Waals surface area contributed by atoms with Crippen LogP contribution in [0.1, 0.15) is 71.8 Å². The zero-order valence-corrected chi connectivity index (χ0v) is 29.3. The Labute approximate surface area is 290 Å². The van der Waals surface area contributed by atoms with E-state index in [0.29, 0.717) is 18.4 Å². The van der Waals surface area contributed by atoms with E-state index < -0.39 is 106 Å². The van der Waals surface area contributed by atoms with Crippen LogP contribution in [0.25, 0.3) is 0 Å². The summed E-state index contributed by atoms with van der Waals surface area (Å²) in [6.07, 6.45) is -1.41. The molecule has 0 heterocycles. The van der Waals surface area contributed by atoms with Crippen molar-refractivity contribution in [2.75, 3.05) is 12.3 Å². The number of carbonyl (C=O) groups excluding carboxylic acids is 5. The Balaban J connectivity index is 1.66. The molecule has 2 saturated carbocycles. The average molecular weight is 723 g/mol. The van der Waals surface area contributed by atoms with Gasteiger partial charge >= 0.3 is 18.0 Å². The first kappa shape index (κ1) is 40.1. The number of aliphatic carboxylic acids is 2. The lowest BCUT2D eigenvalue weighted by atomic mass is 9.70. The third-order valence-corrected chi connectivity index (χ3v) is 11.3. The molecule has 6 N–H and O–H groups in total. The van der Waals surface area contributed by atoms with Crippen LogP contribution in [0.5, 0.6) is 0 Å². The largest absolute Gasteiger partial charge is 0.481 e. The van der Waals surface area contributed by atoms with Crippen LogP contribution in [0, 0.1) is 22.7 Å². The van der Waals surface area contributed by atoms with Gasteiger partial charge in [-0.3, -0.25) is 28.8 Å². The first-order valence-corrected chi connectivity index (χ1v) is 18.0. The first-order chi connectivity index (χ1) is 23.3. The number of nitrogens with one attached hydrogen (secondary N) is 4. The number of ketones is 2. The summed E-state index contributed by atoms with van der Waals surface area (Å²) in [4.78, 5) is 87.9. The van der Waals surface area contributed by atoms with Crippen molar-refractivity contribution in [1.29, 1.82) is 0 Å². The van der Waals surface area contributed by atoms with Gasteiger partial charge in [-0.15, -0.1) is 0 Å². The van der Waals surface area contributed by atoms with Crippen molar-refractivity contribution in [2.45, 2.75) is 91.0 Å². The molecule has 2 fully saturated rings. The smallest absolute Gasteiger partial charge is 0.408 e. The number of carbonyl (C=O) groups is 7. The zero-order chi connectivity index (χ0) is 37.4. The van der Waals surface area contributed by atoms with E-state index in [1.165, 1.54) is 0 Å². The summed E-state index contributed by atoms with van der Waals surface area (Å²) in [5.41, 5.74) is -0.993. The fourth-order valence-electron chi connectivity index (χ4n) is 6.70. The fourth-order valence-corrected chi connectivity index (χ4v) is 8.49. The van der Waals surface area contributed by atoms with E-state index in [1.807, 2.05) is 13.8 Å². The minimum absolute atomic E-state index is 0.0630. The highest BCUT2D eigenvalue weighted by Crippen LogP contribution is 2.64. The molecule has 2 aliphatic carbocycles. The first-order valence-electron chi connectivity index (χ1n) is 16.3. The average Bonchev–Trinajstić information content (AvgIpc) is 3.37. The van der Waals surface area contributed by atoms with E-state index in [4.69, 9.17) is 9.84 Å². The van der Waals surface area contributed by atoms with Crippen LogP contribution in [0.4, 0.5) is 4.79 Å². The van der Waals surface area contributed by atoms with E-state index >= 15 is 0 Å². The number of benzene rings is 1. The number of rotatable bonds is 19. The van der Waals surface area contributed by atoms with Crippen molar-refractivity contribution in [1.82, 2.24) is 20.7 Å². The SMILES string of the molecule is CC(C)C(NC(=O)C(CCC(=O)O)NC(=O)OCc1ccccc1)C(=O)NC(CC(=O)O)C(=O)CNS(=O)(=O)CC12CCC(CC1=O)C2(C)C. The molecule has 0 aliphatic heterocycles. The second kappa shape index (κ2) is 16.6. The van der Waals surface area contributed by atoms with Crippen LogP contribution < -0.4 is 20.7 Å². The van der Waals surface area contributed by atoms with E-state index in [-0.39, 0.29) is 31.1 Å². The van der Waals surface area contributed by atoms with Crippen LogP contribution in [0.15, 0.2) is 30.3 Å². The van der Waals surface area contributed by atoms with Crippen LogP contribution >= 0.6 is 0 Å². The number of carboxylic acid groups (broad SMARTS) is 2. The summed E-state index contributed by atoms with van der Waals surface area (Å²) in [7, 11) is -4.19. The second-order valence-corrected chi connectivity index (χ2v) is 15.6. The Morgan fingerprint density at radius 3 is 2.14 bits per heavy atom. The van der Waals surface area contributed by atoms with Crippen molar-refractivity contribution in [3.8, 4) is 0 Å². The molecule has 276 valence electrons. The Morgan fingerprint density at radius 2 is 1.60 bits per heavy atom. The molecule has 0 saturated heterocycles. The highest BCUT2D eigenvalue weighted by molar-refractivity contribution is 7.89. The zero-order valence-electron chi connectivity index (χ0n) is 28.5. The number of carboxylic acids is 2. The van der Waals surface area contributed by atoms with Crippen molar-refractivity contribution in [2.24, 2.45) is 22.7 Å². The lowest BCUT2D eigenvalue weighted by molar-refractivity contribution is -0.141. The third kappa shape index (κ3) is 10.1. The fraction of sp³-hybridized carbons (Fsp3) is 0.606. The highest BCUT2D eigenvalue weighted by Gasteiger charge is 2.65. The maximum atomic E-state index is 13.4. The molecule has 50 heavy (non-hydrogen) atoms. The van der Waals surface area contributed by atoms with E-state index in [1.54, 1.807) is 44.2 Å². The molecule has 0 aromatic heterocycles. The van der Waals surface area contributed by atoms with Gasteiger partial charge in [-0.25, -0.2) is 17.9 Å². The summed E-state index contributed by atoms with van der Waals surface area (Å²) < 4.78 is 33.5. The molecule has 1 aromatic rings. The number of amides is 3. The van der Waals surface area contributed by atoms with Crippen molar-refractivity contribution < 1.29 is 56.9 Å². The highest BCUT2D eigenvalue weighted by atomic mass is 32.2. The number of hydrogen-bond acceptors (Lipinski definition) is 10. The van der Waals surface area contributed by atoms with Crippen LogP contribution in [0.3, 0.4) is 0 Å². The molecule has 0 radical (unpaired) electrons. The molecular formula is C33H46N4O12S. The van der Waals surface area contributed by atoms with Gasteiger partial charge in [0, 0.05) is 18.3 Å². The lowest BCUT2D eigenvalue weighted by Crippen LogP contribution is -2.58. The summed E-state index contributed by atoms with van der Waals surface area (Å²) in [5, 5.41) is 25.6. The van der Waals surface area contributed by atoms with Crippen molar-refractivity contribution in [3.63, 3.8) is 0 Å². The van der Waals surface area contributed by atoms with Crippen LogP contribution in [-0.2, 0) is 50.1 Å². The monoisotopic (exact) mass is 722 g/mol. The van der Waals surface area contributed by atoms with Gasteiger partial charge in [0.25, 0.3) is 0 Å². The van der Waals surface area contributed by atoms with Gasteiger partial charge in [-0.1, -0.05) is 58.0 Å². The summed E-state index contributed by atoms with van der Waals surface area (Å²) >= 11 is 0. The standard InChI is InChI=1S/C33H46N4O12S/c1-19(2)28(37-29(44)22(10-11-26(40)41)36-31(46)49-17-20-8-6-5-7-9-20)30(45)35-23(15-27(42)43)24(38)16-34-50(47,48)18-33-13-12-21(14-25(33)39)32(33,3)4/h5-9,19,21-23,28,34H,10-18H2,1-4H3,(H,35,45)(H,36,46)(H,37,44)(H,40,41)(H,42,43). The summed E-state index contributed by atoms with van der Waals surface area (Å²) in [6, 6.07) is 4.10. The van der Waals surface area contributed by atoms with Gasteiger partial charge in [-0.05, 0) is 42.1 Å². The number of ether oxygens (including phenoxy) is 1. The predicted molar refractivity (Wildman–Crippen MR) is 177 cm³/mol. The predicted octanol–water partition coefficient (Wildman–Crippen LogP) is 1.13. The number of Topliss-reactive ketones (excluding diaryl/α,β-unsaturated/α-hetero) is 2. The van der Waals surface area contributed by atoms with Crippen LogP contribution in [0.2, 0.25) is 0 Å². The molecule has 3 rings (SSSR count). The second-order valence-electron chi connectivity index (χ2n) is 13.8. The molecule has 5 atom stereocenters. The van der Waals surface area contributed by atoms with Gasteiger partial charge in [0.1, 0.15) is 24.5 Å². The van der Waals surface area contributed by atoms with Gasteiger partial charge in [0.15, 0.2) is 5.78 Å². The summed E-state index contributed by atoms with van der Waals surface area (Å²) in [5.74, 6) is -6.87. The normalized spacial score (nSPS) is 21.1. The van der Waals surface area contributed by atoms with Crippen molar-refractivity contribution >= 4 is 51.4 Å². The van der Waals surface area contributed by atoms with Crippen molar-refractivity contribution in [3.05, 3.63) is 35.9 Å². The number of hydrogen-bond donors (Lipinski definition) is 6. The topological polar surface area (TPSA) is 251 Å². The van der Waals surface area contributed by atoms with Gasteiger partial charge in [-0.2, -0.15) is 0 Å². The molecule has 1 aromatic carbocycles. The molecule has 5 unspecified atom stereocenters. The Kier molecular flexibility index (Phi) is 13.3. The minimum Gasteiger partial charge on any atom is -0.481 e. The molecule has 16 nitrogen and oxygen atoms in total. The number of alkyl carbamates (subject to hydrolysis) is 1. The number of fused-ring (bicyclic) bond motifs is 2. The van der Waals surface area contributed by atoms with Gasteiger partial charge in [0.05, 0.1) is 24.8 Å². The lowest BCUT2D eigenvalue weighted by Gasteiger charge is -2.36. The van der Waals surface area contributed by atoms with E-state index in [2.05, 4.69) is 20.7 Å². The summed E-state index contributed by atoms with van der Waals surface area (Å²) in [6.45, 7) is 5.81. The maximum Gasteiger partial charge on any atom is 0.408 e. The molecule has 17 heteroatoms. The van der Waals surface area contributed by atoms with Gasteiger partial charge in [0.2, 0.25) is 21.8 Å².